The van der Waals surface area contributed by atoms with Crippen LogP contribution in [-0.4, -0.2) is 10.5 Å². The van der Waals surface area contributed by atoms with Gasteiger partial charge in [0.05, 0.1) is 0 Å². The number of hydrogen-bond acceptors (Lipinski definition) is 1. The number of aryl methyl sites for hydroxylation is 1. The van der Waals surface area contributed by atoms with Gasteiger partial charge in [-0.05, 0) is 19.1 Å². The van der Waals surface area contributed by atoms with Crippen molar-refractivity contribution in [2.24, 2.45) is 0 Å². The van der Waals surface area contributed by atoms with Crippen LogP contribution in [0.25, 0.3) is 0 Å². The summed E-state index contributed by atoms with van der Waals surface area (Å²) in [7, 11) is 0. The largest absolute Gasteiger partial charge is 0.292 e. The minimum Gasteiger partial charge on any atom is -0.292 e. The molecule has 0 aliphatic rings. The molecule has 1 rings (SSSR count). The Labute approximate surface area is 54.1 Å². The summed E-state index contributed by atoms with van der Waals surface area (Å²) in [6.07, 6.45) is 1.76. The van der Waals surface area contributed by atoms with Gasteiger partial charge in [-0.25, -0.2) is 0 Å². The zero-order chi connectivity index (χ0) is 6.85. The molecule has 0 N–H and O–H groups in total. The molecule has 0 radical (unpaired) electrons. The average Bonchev–Trinajstić information content (AvgIpc) is 2.13. The van der Waals surface area contributed by atoms with Gasteiger partial charge in [-0.3, -0.25) is 9.36 Å². The molecule has 0 unspecified atom stereocenters. The van der Waals surface area contributed by atoms with E-state index in [-0.39, 0.29) is 5.91 Å². The van der Waals surface area contributed by atoms with Gasteiger partial charge in [0.15, 0.2) is 0 Å². The van der Waals surface area contributed by atoms with Crippen LogP contribution in [-0.2, 0) is 0 Å². The topological polar surface area (TPSA) is 22.0 Å². The van der Waals surface area contributed by atoms with Gasteiger partial charge in [0.1, 0.15) is 0 Å². The van der Waals surface area contributed by atoms with E-state index in [1.54, 1.807) is 17.7 Å². The highest BCUT2D eigenvalue weighted by Crippen LogP contribution is 1.97. The summed E-state index contributed by atoms with van der Waals surface area (Å²) in [5.41, 5.74) is 0.988. The SMILES string of the molecule is CC(=O)n1cccc1C. The molecule has 0 saturated carbocycles. The first-order valence-corrected chi connectivity index (χ1v) is 2.86. The Morgan fingerprint density at radius 3 is 2.56 bits per heavy atom. The summed E-state index contributed by atoms with van der Waals surface area (Å²) in [6.45, 7) is 3.45. The van der Waals surface area contributed by atoms with Crippen LogP contribution in [0.3, 0.4) is 0 Å². The first-order valence-electron chi connectivity index (χ1n) is 2.86. The van der Waals surface area contributed by atoms with Crippen LogP contribution >= 0.6 is 0 Å². The van der Waals surface area contributed by atoms with E-state index in [0.717, 1.165) is 5.69 Å². The Morgan fingerprint density at radius 1 is 1.67 bits per heavy atom. The smallest absolute Gasteiger partial charge is 0.227 e. The summed E-state index contributed by atoms with van der Waals surface area (Å²) >= 11 is 0. The molecule has 0 fully saturated rings. The molecular formula is C7H9NO. The van der Waals surface area contributed by atoms with Crippen LogP contribution in [0.4, 0.5) is 0 Å². The third kappa shape index (κ3) is 1.02. The van der Waals surface area contributed by atoms with Gasteiger partial charge in [0, 0.05) is 18.8 Å². The summed E-state index contributed by atoms with van der Waals surface area (Å²) in [4.78, 5) is 10.7. The number of carbonyl (C=O) groups excluding carboxylic acids is 1. The van der Waals surface area contributed by atoms with Crippen molar-refractivity contribution < 1.29 is 4.79 Å². The van der Waals surface area contributed by atoms with Crippen molar-refractivity contribution in [1.82, 2.24) is 4.57 Å². The van der Waals surface area contributed by atoms with Gasteiger partial charge in [0.25, 0.3) is 0 Å². The standard InChI is InChI=1S/C7H9NO/c1-6-4-3-5-8(6)7(2)9/h3-5H,1-2H3. The maximum absolute atomic E-state index is 10.7. The van der Waals surface area contributed by atoms with Crippen molar-refractivity contribution in [3.8, 4) is 0 Å². The van der Waals surface area contributed by atoms with Crippen molar-refractivity contribution in [1.29, 1.82) is 0 Å². The molecule has 0 aliphatic carbocycles. The second-order valence-electron chi connectivity index (χ2n) is 2.04. The summed E-state index contributed by atoms with van der Waals surface area (Å²) < 4.78 is 1.61. The second-order valence-corrected chi connectivity index (χ2v) is 2.04. The fraction of sp³-hybridized carbons (Fsp3) is 0.286. The Morgan fingerprint density at radius 2 is 2.33 bits per heavy atom. The van der Waals surface area contributed by atoms with Crippen LogP contribution in [0.15, 0.2) is 18.3 Å². The van der Waals surface area contributed by atoms with Crippen molar-refractivity contribution in [3.63, 3.8) is 0 Å². The van der Waals surface area contributed by atoms with Gasteiger partial charge in [0.2, 0.25) is 5.91 Å². The lowest BCUT2D eigenvalue weighted by molar-refractivity contribution is 0.0935. The Hall–Kier alpha value is -1.05. The number of aromatic nitrogens is 1. The van der Waals surface area contributed by atoms with Crippen LogP contribution in [0, 0.1) is 6.92 Å². The van der Waals surface area contributed by atoms with Crippen molar-refractivity contribution in [3.05, 3.63) is 24.0 Å². The van der Waals surface area contributed by atoms with Gasteiger partial charge >= 0.3 is 0 Å². The monoisotopic (exact) mass is 123 g/mol. The van der Waals surface area contributed by atoms with E-state index in [9.17, 15) is 4.79 Å². The van der Waals surface area contributed by atoms with Crippen molar-refractivity contribution in [2.75, 3.05) is 0 Å². The molecule has 0 aromatic carbocycles. The third-order valence-corrected chi connectivity index (χ3v) is 1.29. The highest BCUT2D eigenvalue weighted by molar-refractivity contribution is 5.76. The minimum atomic E-state index is 0.0671. The van der Waals surface area contributed by atoms with Crippen LogP contribution < -0.4 is 0 Å². The van der Waals surface area contributed by atoms with E-state index in [0.29, 0.717) is 0 Å². The fourth-order valence-electron chi connectivity index (χ4n) is 0.820. The van der Waals surface area contributed by atoms with E-state index in [4.69, 9.17) is 0 Å². The molecule has 0 spiro atoms. The maximum atomic E-state index is 10.7. The van der Waals surface area contributed by atoms with Crippen molar-refractivity contribution in [2.45, 2.75) is 13.8 Å². The molecule has 0 saturated heterocycles. The first-order chi connectivity index (χ1) is 4.22. The molecule has 1 aromatic rings. The van der Waals surface area contributed by atoms with Crippen molar-refractivity contribution >= 4 is 5.91 Å². The molecule has 0 amide bonds. The summed E-state index contributed by atoms with van der Waals surface area (Å²) in [5.74, 6) is 0.0671. The lowest BCUT2D eigenvalue weighted by Gasteiger charge is -1.96. The summed E-state index contributed by atoms with van der Waals surface area (Å²) in [6, 6.07) is 3.76. The summed E-state index contributed by atoms with van der Waals surface area (Å²) in [5, 5.41) is 0. The third-order valence-electron chi connectivity index (χ3n) is 1.29. The predicted molar refractivity (Wildman–Crippen MR) is 35.5 cm³/mol. The van der Waals surface area contributed by atoms with Gasteiger partial charge in [-0.15, -0.1) is 0 Å². The molecule has 2 heteroatoms. The molecule has 2 nitrogen and oxygen atoms in total. The molecule has 48 valence electrons. The molecule has 1 heterocycles. The Balaban J connectivity index is 3.08. The van der Waals surface area contributed by atoms with Crippen LogP contribution in [0.2, 0.25) is 0 Å². The first kappa shape index (κ1) is 6.08. The van der Waals surface area contributed by atoms with E-state index >= 15 is 0 Å². The molecule has 0 bridgehead atoms. The van der Waals surface area contributed by atoms with E-state index in [1.165, 1.54) is 0 Å². The lowest BCUT2D eigenvalue weighted by atomic mass is 10.5. The van der Waals surface area contributed by atoms with Crippen LogP contribution in [0.1, 0.15) is 17.4 Å². The maximum Gasteiger partial charge on any atom is 0.227 e. The average molecular weight is 123 g/mol. The lowest BCUT2D eigenvalue weighted by Crippen LogP contribution is -2.04. The Bertz CT molecular complexity index is 225. The molecule has 0 atom stereocenters. The van der Waals surface area contributed by atoms with Gasteiger partial charge < -0.3 is 0 Å². The Kier molecular flexibility index (Phi) is 1.39. The second kappa shape index (κ2) is 2.05. The highest BCUT2D eigenvalue weighted by atomic mass is 16.1. The number of hydrogen-bond donors (Lipinski definition) is 0. The number of carbonyl (C=O) groups is 1. The van der Waals surface area contributed by atoms with E-state index in [1.807, 2.05) is 19.1 Å². The van der Waals surface area contributed by atoms with E-state index < -0.39 is 0 Å². The number of rotatable bonds is 0. The van der Waals surface area contributed by atoms with Gasteiger partial charge in [-0.1, -0.05) is 0 Å². The van der Waals surface area contributed by atoms with E-state index in [2.05, 4.69) is 0 Å². The fourth-order valence-corrected chi connectivity index (χ4v) is 0.820. The molecular weight excluding hydrogens is 114 g/mol. The molecule has 9 heavy (non-hydrogen) atoms. The minimum absolute atomic E-state index is 0.0671. The zero-order valence-electron chi connectivity index (χ0n) is 5.59. The predicted octanol–water partition coefficient (Wildman–Crippen LogP) is 1.46. The zero-order valence-corrected chi connectivity index (χ0v) is 5.59. The van der Waals surface area contributed by atoms with Crippen LogP contribution in [0.5, 0.6) is 0 Å². The number of nitrogens with zero attached hydrogens (tertiary/aromatic N) is 1. The quantitative estimate of drug-likeness (QED) is 0.512. The highest BCUT2D eigenvalue weighted by Gasteiger charge is 1.96. The molecule has 1 aromatic heterocycles. The molecule has 0 aliphatic heterocycles. The normalized spacial score (nSPS) is 9.56. The van der Waals surface area contributed by atoms with Gasteiger partial charge in [-0.2, -0.15) is 0 Å².